The van der Waals surface area contributed by atoms with Gasteiger partial charge in [0.1, 0.15) is 0 Å². The lowest BCUT2D eigenvalue weighted by Gasteiger charge is -2.02. The second kappa shape index (κ2) is 5.01. The van der Waals surface area contributed by atoms with Crippen molar-refractivity contribution in [2.45, 2.75) is 13.8 Å². The van der Waals surface area contributed by atoms with Crippen LogP contribution in [0.4, 0.5) is 11.4 Å². The molecule has 0 aromatic heterocycles. The Bertz CT molecular complexity index is 466. The van der Waals surface area contributed by atoms with Crippen LogP contribution in [0.15, 0.2) is 34.4 Å². The molecule has 0 amide bonds. The Morgan fingerprint density at radius 2 is 2.00 bits per heavy atom. The molecule has 0 spiro atoms. The molecule has 0 atom stereocenters. The summed E-state index contributed by atoms with van der Waals surface area (Å²) >= 11 is 0. The zero-order chi connectivity index (χ0) is 12.1. The molecule has 1 aromatic carbocycles. The van der Waals surface area contributed by atoms with Crippen LogP contribution in [0.5, 0.6) is 0 Å². The summed E-state index contributed by atoms with van der Waals surface area (Å²) in [6, 6.07) is 5.87. The molecule has 0 radical (unpaired) electrons. The first-order chi connectivity index (χ1) is 7.54. The van der Waals surface area contributed by atoms with E-state index in [0.717, 1.165) is 0 Å². The predicted molar refractivity (Wildman–Crippen MR) is 62.3 cm³/mol. The smallest absolute Gasteiger partial charge is 0.271 e. The van der Waals surface area contributed by atoms with Gasteiger partial charge in [-0.2, -0.15) is 0 Å². The van der Waals surface area contributed by atoms with E-state index >= 15 is 0 Å². The lowest BCUT2D eigenvalue weighted by atomic mass is 10.2. The molecule has 0 fully saturated rings. The molecule has 0 saturated carbocycles. The largest absolute Gasteiger partial charge is 0.792 e. The lowest BCUT2D eigenvalue weighted by Crippen LogP contribution is -2.03. The quantitative estimate of drug-likeness (QED) is 0.445. The van der Waals surface area contributed by atoms with Crippen molar-refractivity contribution in [3.8, 4) is 0 Å². The zero-order valence-corrected chi connectivity index (χ0v) is 8.88. The van der Waals surface area contributed by atoms with E-state index in [-0.39, 0.29) is 11.4 Å². The standard InChI is InChI=1S/C10H11N3O3/c1-7(8(2)12-14)11-9-4-3-5-10(6-9)13(15)16/h3-6,14H,1-2H3/p-1/b11-7?,12-8-. The van der Waals surface area contributed by atoms with E-state index in [4.69, 9.17) is 0 Å². The third kappa shape index (κ3) is 2.88. The molecule has 0 unspecified atom stereocenters. The van der Waals surface area contributed by atoms with Crippen LogP contribution in [-0.4, -0.2) is 16.3 Å². The Kier molecular flexibility index (Phi) is 3.71. The Balaban J connectivity index is 3.06. The van der Waals surface area contributed by atoms with Crippen LogP contribution in [-0.2, 0) is 0 Å². The van der Waals surface area contributed by atoms with E-state index in [1.165, 1.54) is 25.1 Å². The van der Waals surface area contributed by atoms with E-state index in [0.29, 0.717) is 11.4 Å². The minimum Gasteiger partial charge on any atom is -0.792 e. The van der Waals surface area contributed by atoms with Gasteiger partial charge in [0.2, 0.25) is 0 Å². The average molecular weight is 220 g/mol. The molecule has 0 bridgehead atoms. The van der Waals surface area contributed by atoms with Crippen molar-refractivity contribution in [3.63, 3.8) is 0 Å². The number of non-ortho nitro benzene ring substituents is 1. The van der Waals surface area contributed by atoms with Crippen molar-refractivity contribution >= 4 is 22.8 Å². The number of nitrogens with zero attached hydrogens (tertiary/aromatic N) is 3. The van der Waals surface area contributed by atoms with Gasteiger partial charge in [-0.05, 0) is 19.9 Å². The van der Waals surface area contributed by atoms with Gasteiger partial charge in [0.15, 0.2) is 0 Å². The van der Waals surface area contributed by atoms with Crippen molar-refractivity contribution in [2.24, 2.45) is 10.1 Å². The first kappa shape index (κ1) is 11.8. The highest BCUT2D eigenvalue weighted by Crippen LogP contribution is 2.19. The van der Waals surface area contributed by atoms with Gasteiger partial charge >= 0.3 is 0 Å². The zero-order valence-electron chi connectivity index (χ0n) is 8.88. The number of nitro benzene ring substituents is 1. The highest BCUT2D eigenvalue weighted by molar-refractivity contribution is 6.41. The predicted octanol–water partition coefficient (Wildman–Crippen LogP) is 2.65. The second-order valence-corrected chi connectivity index (χ2v) is 3.15. The van der Waals surface area contributed by atoms with Crippen molar-refractivity contribution in [2.75, 3.05) is 0 Å². The molecule has 6 heteroatoms. The van der Waals surface area contributed by atoms with Crippen molar-refractivity contribution in [1.29, 1.82) is 0 Å². The van der Waals surface area contributed by atoms with Crippen LogP contribution in [0, 0.1) is 15.3 Å². The normalized spacial score (nSPS) is 12.6. The van der Waals surface area contributed by atoms with Crippen LogP contribution in [0.25, 0.3) is 0 Å². The molecule has 0 aliphatic heterocycles. The minimum atomic E-state index is -0.497. The Hall–Kier alpha value is -2.24. The fourth-order valence-electron chi connectivity index (χ4n) is 1.02. The molecular formula is C10H10N3O3-. The number of rotatable bonds is 3. The monoisotopic (exact) mass is 220 g/mol. The topological polar surface area (TPSA) is 90.9 Å². The average Bonchev–Trinajstić information content (AvgIpc) is 2.28. The highest BCUT2D eigenvalue weighted by atomic mass is 16.6. The molecule has 6 nitrogen and oxygen atoms in total. The van der Waals surface area contributed by atoms with Gasteiger partial charge in [0.05, 0.1) is 16.3 Å². The van der Waals surface area contributed by atoms with Gasteiger partial charge < -0.3 is 10.4 Å². The summed E-state index contributed by atoms with van der Waals surface area (Å²) in [4.78, 5) is 14.1. The molecular weight excluding hydrogens is 210 g/mol. The Morgan fingerprint density at radius 3 is 2.56 bits per heavy atom. The second-order valence-electron chi connectivity index (χ2n) is 3.15. The minimum absolute atomic E-state index is 0.0363. The highest BCUT2D eigenvalue weighted by Gasteiger charge is 2.05. The molecule has 16 heavy (non-hydrogen) atoms. The summed E-state index contributed by atoms with van der Waals surface area (Å²) in [5, 5.41) is 23.5. The Morgan fingerprint density at radius 1 is 1.31 bits per heavy atom. The summed E-state index contributed by atoms with van der Waals surface area (Å²) in [6.07, 6.45) is 0. The summed E-state index contributed by atoms with van der Waals surface area (Å²) in [6.45, 7) is 3.15. The molecule has 0 aliphatic carbocycles. The van der Waals surface area contributed by atoms with Crippen LogP contribution in [0.1, 0.15) is 13.8 Å². The van der Waals surface area contributed by atoms with E-state index < -0.39 is 4.92 Å². The maximum Gasteiger partial charge on any atom is 0.271 e. The maximum atomic E-state index is 10.5. The molecule has 0 aliphatic rings. The first-order valence-electron chi connectivity index (χ1n) is 4.51. The molecule has 1 rings (SSSR count). The lowest BCUT2D eigenvalue weighted by molar-refractivity contribution is -0.384. The maximum absolute atomic E-state index is 10.5. The summed E-state index contributed by atoms with van der Waals surface area (Å²) in [7, 11) is 0. The van der Waals surface area contributed by atoms with Crippen LogP contribution >= 0.6 is 0 Å². The van der Waals surface area contributed by atoms with Gasteiger partial charge in [-0.25, -0.2) is 0 Å². The van der Waals surface area contributed by atoms with E-state index in [1.807, 2.05) is 0 Å². The van der Waals surface area contributed by atoms with E-state index in [1.54, 1.807) is 13.0 Å². The number of hydrogen-bond donors (Lipinski definition) is 0. The van der Waals surface area contributed by atoms with E-state index in [2.05, 4.69) is 10.1 Å². The first-order valence-corrected chi connectivity index (χ1v) is 4.51. The summed E-state index contributed by atoms with van der Waals surface area (Å²) in [5.41, 5.74) is 1.09. The Labute approximate surface area is 92.1 Å². The number of hydrogen-bond acceptors (Lipinski definition) is 5. The third-order valence-corrected chi connectivity index (χ3v) is 2.00. The van der Waals surface area contributed by atoms with Crippen molar-refractivity contribution < 1.29 is 4.92 Å². The SMILES string of the molecule is CC(=Nc1cccc([N+](=O)[O-])c1)/C(C)=N\[O-]. The van der Waals surface area contributed by atoms with Crippen molar-refractivity contribution in [1.82, 2.24) is 0 Å². The molecule has 0 N–H and O–H groups in total. The molecule has 1 aromatic rings. The summed E-state index contributed by atoms with van der Waals surface area (Å²) in [5.74, 6) is 0. The molecule has 0 saturated heterocycles. The number of aliphatic imine (C=N–C) groups is 1. The van der Waals surface area contributed by atoms with E-state index in [9.17, 15) is 15.3 Å². The fraction of sp³-hybridized carbons (Fsp3) is 0.200. The number of benzene rings is 1. The third-order valence-electron chi connectivity index (χ3n) is 2.00. The van der Waals surface area contributed by atoms with Gasteiger partial charge in [-0.3, -0.25) is 15.1 Å². The molecule has 84 valence electrons. The molecule has 0 heterocycles. The van der Waals surface area contributed by atoms with Gasteiger partial charge in [0, 0.05) is 17.8 Å². The fourth-order valence-corrected chi connectivity index (χ4v) is 1.02. The van der Waals surface area contributed by atoms with Crippen LogP contribution < -0.4 is 0 Å². The van der Waals surface area contributed by atoms with Crippen molar-refractivity contribution in [3.05, 3.63) is 39.6 Å². The van der Waals surface area contributed by atoms with Gasteiger partial charge in [-0.15, -0.1) is 0 Å². The van der Waals surface area contributed by atoms with Gasteiger partial charge in [0.25, 0.3) is 5.69 Å². The number of nitro groups is 1. The summed E-state index contributed by atoms with van der Waals surface area (Å²) < 4.78 is 0. The van der Waals surface area contributed by atoms with Crippen LogP contribution in [0.2, 0.25) is 0 Å². The van der Waals surface area contributed by atoms with Gasteiger partial charge in [-0.1, -0.05) is 6.07 Å². The van der Waals surface area contributed by atoms with Crippen LogP contribution in [0.3, 0.4) is 0 Å².